The van der Waals surface area contributed by atoms with E-state index in [-0.39, 0.29) is 11.3 Å². The number of aryl methyl sites for hydroxylation is 1. The van der Waals surface area contributed by atoms with Crippen LogP contribution in [-0.4, -0.2) is 18.1 Å². The Bertz CT molecular complexity index is 390. The lowest BCUT2D eigenvalue weighted by Gasteiger charge is -2.09. The molecule has 0 unspecified atom stereocenters. The third-order valence-electron chi connectivity index (χ3n) is 1.87. The topological polar surface area (TPSA) is 72.5 Å². The number of rotatable bonds is 2. The highest BCUT2D eigenvalue weighted by atomic mass is 19.1. The normalized spacial score (nSPS) is 9.93. The molecule has 0 bridgehead atoms. The third-order valence-corrected chi connectivity index (χ3v) is 1.87. The fraction of sp³-hybridized carbons (Fsp3) is 0.222. The molecule has 1 aromatic carbocycles. The summed E-state index contributed by atoms with van der Waals surface area (Å²) < 4.78 is 17.9. The first-order chi connectivity index (χ1) is 6.49. The van der Waals surface area contributed by atoms with Crippen LogP contribution < -0.4 is 10.5 Å². The summed E-state index contributed by atoms with van der Waals surface area (Å²) in [7, 11) is 1.27. The molecule has 1 aromatic rings. The number of phenols is 1. The number of hydrogen-bond acceptors (Lipinski definition) is 3. The number of nitrogens with two attached hydrogens (primary N) is 1. The molecule has 14 heavy (non-hydrogen) atoms. The van der Waals surface area contributed by atoms with Crippen LogP contribution in [0.3, 0.4) is 0 Å². The highest BCUT2D eigenvalue weighted by Crippen LogP contribution is 2.31. The molecule has 0 aliphatic rings. The maximum Gasteiger partial charge on any atom is 0.252 e. The van der Waals surface area contributed by atoms with Crippen LogP contribution >= 0.6 is 0 Å². The summed E-state index contributed by atoms with van der Waals surface area (Å²) in [5.74, 6) is -2.74. The molecule has 0 radical (unpaired) electrons. The molecule has 1 rings (SSSR count). The number of carbonyl (C=O) groups is 1. The Kier molecular flexibility index (Phi) is 2.60. The van der Waals surface area contributed by atoms with Gasteiger partial charge in [0, 0.05) is 0 Å². The zero-order valence-corrected chi connectivity index (χ0v) is 7.80. The molecule has 5 heteroatoms. The molecule has 0 atom stereocenters. The zero-order valence-electron chi connectivity index (χ0n) is 7.80. The van der Waals surface area contributed by atoms with Crippen molar-refractivity contribution in [1.82, 2.24) is 0 Å². The number of ether oxygens (including phenoxy) is 1. The van der Waals surface area contributed by atoms with Crippen LogP contribution in [0.2, 0.25) is 0 Å². The van der Waals surface area contributed by atoms with E-state index in [0.29, 0.717) is 5.56 Å². The minimum absolute atomic E-state index is 0.120. The third kappa shape index (κ3) is 1.48. The maximum absolute atomic E-state index is 13.2. The SMILES string of the molecule is COc1cc(C)c(C(N)=O)c(O)c1F. The number of methoxy groups -OCH3 is 1. The predicted octanol–water partition coefficient (Wildman–Crippen LogP) is 0.947. The number of aromatic hydroxyl groups is 1. The molecular formula is C9H10FNO3. The Morgan fingerprint density at radius 2 is 2.21 bits per heavy atom. The van der Waals surface area contributed by atoms with Crippen molar-refractivity contribution in [3.05, 3.63) is 23.0 Å². The zero-order chi connectivity index (χ0) is 10.9. The van der Waals surface area contributed by atoms with Crippen LogP contribution in [0.15, 0.2) is 6.07 Å². The van der Waals surface area contributed by atoms with Crippen molar-refractivity contribution in [3.8, 4) is 11.5 Å². The lowest BCUT2D eigenvalue weighted by molar-refractivity contribution is 0.0996. The highest BCUT2D eigenvalue weighted by Gasteiger charge is 2.19. The van der Waals surface area contributed by atoms with Crippen LogP contribution in [0.1, 0.15) is 15.9 Å². The molecule has 0 heterocycles. The van der Waals surface area contributed by atoms with Gasteiger partial charge in [-0.05, 0) is 18.6 Å². The number of hydrogen-bond donors (Lipinski definition) is 2. The Balaban J connectivity index is 3.49. The standard InChI is InChI=1S/C9H10FNO3/c1-4-3-5(14-2)7(10)8(12)6(4)9(11)13/h3,12H,1-2H3,(H2,11,13). The van der Waals surface area contributed by atoms with E-state index in [9.17, 15) is 14.3 Å². The first-order valence-electron chi connectivity index (χ1n) is 3.85. The Morgan fingerprint density at radius 3 is 2.64 bits per heavy atom. The Morgan fingerprint density at radius 1 is 1.64 bits per heavy atom. The van der Waals surface area contributed by atoms with Crippen molar-refractivity contribution < 1.29 is 19.0 Å². The average molecular weight is 199 g/mol. The van der Waals surface area contributed by atoms with E-state index in [0.717, 1.165) is 0 Å². The van der Waals surface area contributed by atoms with Gasteiger partial charge in [0.2, 0.25) is 5.82 Å². The highest BCUT2D eigenvalue weighted by molar-refractivity contribution is 5.97. The molecule has 0 aliphatic heterocycles. The summed E-state index contributed by atoms with van der Waals surface area (Å²) >= 11 is 0. The van der Waals surface area contributed by atoms with Gasteiger partial charge in [-0.25, -0.2) is 0 Å². The molecule has 76 valence electrons. The van der Waals surface area contributed by atoms with E-state index in [1.807, 2.05) is 0 Å². The van der Waals surface area contributed by atoms with E-state index in [2.05, 4.69) is 4.74 Å². The minimum Gasteiger partial charge on any atom is -0.504 e. The van der Waals surface area contributed by atoms with Crippen LogP contribution in [0, 0.1) is 12.7 Å². The lowest BCUT2D eigenvalue weighted by atomic mass is 10.1. The quantitative estimate of drug-likeness (QED) is 0.744. The van der Waals surface area contributed by atoms with Crippen LogP contribution in [-0.2, 0) is 0 Å². The van der Waals surface area contributed by atoms with Crippen molar-refractivity contribution in [2.24, 2.45) is 5.73 Å². The van der Waals surface area contributed by atoms with Crippen molar-refractivity contribution in [2.45, 2.75) is 6.92 Å². The number of amides is 1. The monoisotopic (exact) mass is 199 g/mol. The summed E-state index contributed by atoms with van der Waals surface area (Å²) in [4.78, 5) is 10.8. The first kappa shape index (κ1) is 10.3. The molecule has 1 amide bonds. The van der Waals surface area contributed by atoms with Crippen molar-refractivity contribution in [2.75, 3.05) is 7.11 Å². The fourth-order valence-electron chi connectivity index (χ4n) is 1.20. The second-order valence-corrected chi connectivity index (χ2v) is 2.80. The van der Waals surface area contributed by atoms with Gasteiger partial charge in [0.05, 0.1) is 12.7 Å². The molecule has 3 N–H and O–H groups in total. The molecule has 4 nitrogen and oxygen atoms in total. The van der Waals surface area contributed by atoms with Crippen molar-refractivity contribution in [3.63, 3.8) is 0 Å². The van der Waals surface area contributed by atoms with Gasteiger partial charge >= 0.3 is 0 Å². The summed E-state index contributed by atoms with van der Waals surface area (Å²) in [6.45, 7) is 1.53. The first-order valence-corrected chi connectivity index (χ1v) is 3.85. The second-order valence-electron chi connectivity index (χ2n) is 2.80. The molecule has 0 spiro atoms. The largest absolute Gasteiger partial charge is 0.504 e. The Labute approximate surface area is 80.1 Å². The van der Waals surface area contributed by atoms with Gasteiger partial charge < -0.3 is 15.6 Å². The van der Waals surface area contributed by atoms with Crippen LogP contribution in [0.5, 0.6) is 11.5 Å². The number of carbonyl (C=O) groups excluding carboxylic acids is 1. The summed E-state index contributed by atoms with van der Waals surface area (Å²) in [6, 6.07) is 1.30. The predicted molar refractivity (Wildman–Crippen MR) is 47.9 cm³/mol. The minimum atomic E-state index is -0.980. The Hall–Kier alpha value is -1.78. The van der Waals surface area contributed by atoms with Crippen molar-refractivity contribution in [1.29, 1.82) is 0 Å². The van der Waals surface area contributed by atoms with E-state index in [4.69, 9.17) is 5.73 Å². The molecular weight excluding hydrogens is 189 g/mol. The molecule has 0 aromatic heterocycles. The average Bonchev–Trinajstić information content (AvgIpc) is 2.10. The number of halogens is 1. The van der Waals surface area contributed by atoms with Gasteiger partial charge in [-0.15, -0.1) is 0 Å². The molecule has 0 fully saturated rings. The summed E-state index contributed by atoms with van der Waals surface area (Å²) in [5.41, 5.74) is 5.12. The van der Waals surface area contributed by atoms with E-state index in [1.54, 1.807) is 0 Å². The summed E-state index contributed by atoms with van der Waals surface area (Å²) in [6.07, 6.45) is 0. The van der Waals surface area contributed by atoms with Crippen LogP contribution in [0.4, 0.5) is 4.39 Å². The summed E-state index contributed by atoms with van der Waals surface area (Å²) in [5, 5.41) is 9.30. The van der Waals surface area contributed by atoms with Crippen LogP contribution in [0.25, 0.3) is 0 Å². The van der Waals surface area contributed by atoms with E-state index >= 15 is 0 Å². The van der Waals surface area contributed by atoms with Gasteiger partial charge in [0.25, 0.3) is 5.91 Å². The van der Waals surface area contributed by atoms with E-state index < -0.39 is 17.5 Å². The van der Waals surface area contributed by atoms with Gasteiger partial charge in [0.15, 0.2) is 11.5 Å². The fourth-order valence-corrected chi connectivity index (χ4v) is 1.20. The van der Waals surface area contributed by atoms with Gasteiger partial charge in [-0.2, -0.15) is 4.39 Å². The van der Waals surface area contributed by atoms with Gasteiger partial charge in [-0.1, -0.05) is 0 Å². The molecule has 0 saturated heterocycles. The van der Waals surface area contributed by atoms with E-state index in [1.165, 1.54) is 20.1 Å². The van der Waals surface area contributed by atoms with Crippen molar-refractivity contribution >= 4 is 5.91 Å². The molecule has 0 aliphatic carbocycles. The van der Waals surface area contributed by atoms with Gasteiger partial charge in [0.1, 0.15) is 0 Å². The molecule has 0 saturated carbocycles. The van der Waals surface area contributed by atoms with Gasteiger partial charge in [-0.3, -0.25) is 4.79 Å². The number of primary amides is 1. The lowest BCUT2D eigenvalue weighted by Crippen LogP contribution is -2.13. The smallest absolute Gasteiger partial charge is 0.252 e. The number of benzene rings is 1. The maximum atomic E-state index is 13.2. The second kappa shape index (κ2) is 3.53.